The largest absolute Gasteiger partial charge is 0.392 e. The third-order valence-corrected chi connectivity index (χ3v) is 3.25. The van der Waals surface area contributed by atoms with Gasteiger partial charge < -0.3 is 5.11 Å². The normalized spacial score (nSPS) is 46.6. The first-order chi connectivity index (χ1) is 5.57. The average Bonchev–Trinajstić information content (AvgIpc) is 2.01. The summed E-state index contributed by atoms with van der Waals surface area (Å²) in [5.41, 5.74) is 1.43. The highest BCUT2D eigenvalue weighted by molar-refractivity contribution is 5.13. The zero-order chi connectivity index (χ0) is 9.30. The van der Waals surface area contributed by atoms with Crippen molar-refractivity contribution < 1.29 is 5.11 Å². The fraction of sp³-hybridized carbons (Fsp3) is 0.818. The van der Waals surface area contributed by atoms with Crippen LogP contribution in [-0.2, 0) is 0 Å². The summed E-state index contributed by atoms with van der Waals surface area (Å²) in [5, 5.41) is 9.82. The number of rotatable bonds is 0. The second-order valence-electron chi connectivity index (χ2n) is 4.18. The van der Waals surface area contributed by atoms with Crippen molar-refractivity contribution in [3.8, 4) is 0 Å². The topological polar surface area (TPSA) is 20.2 Å². The van der Waals surface area contributed by atoms with Crippen molar-refractivity contribution in [2.24, 2.45) is 17.8 Å². The van der Waals surface area contributed by atoms with E-state index in [0.717, 1.165) is 6.42 Å². The summed E-state index contributed by atoms with van der Waals surface area (Å²) in [6.45, 7) is 8.61. The van der Waals surface area contributed by atoms with Gasteiger partial charge in [-0.1, -0.05) is 32.4 Å². The summed E-state index contributed by atoms with van der Waals surface area (Å²) in [7, 11) is 0. The Morgan fingerprint density at radius 3 is 2.42 bits per heavy atom. The Hall–Kier alpha value is -0.300. The van der Waals surface area contributed by atoms with Gasteiger partial charge in [0.1, 0.15) is 0 Å². The van der Waals surface area contributed by atoms with Gasteiger partial charge in [0, 0.05) is 5.92 Å². The Labute approximate surface area is 75.5 Å². The summed E-state index contributed by atoms with van der Waals surface area (Å²) >= 11 is 0. The van der Waals surface area contributed by atoms with Gasteiger partial charge in [0.15, 0.2) is 0 Å². The molecule has 1 rings (SSSR count). The van der Waals surface area contributed by atoms with Gasteiger partial charge in [-0.2, -0.15) is 0 Å². The highest BCUT2D eigenvalue weighted by Crippen LogP contribution is 2.37. The van der Waals surface area contributed by atoms with Crippen LogP contribution in [-0.4, -0.2) is 11.2 Å². The van der Waals surface area contributed by atoms with Crippen LogP contribution in [0.2, 0.25) is 0 Å². The molecule has 1 fully saturated rings. The van der Waals surface area contributed by atoms with Crippen molar-refractivity contribution in [1.82, 2.24) is 0 Å². The van der Waals surface area contributed by atoms with Crippen molar-refractivity contribution in [3.05, 3.63) is 11.6 Å². The van der Waals surface area contributed by atoms with Crippen molar-refractivity contribution in [1.29, 1.82) is 0 Å². The highest BCUT2D eigenvalue weighted by atomic mass is 16.3. The van der Waals surface area contributed by atoms with Crippen LogP contribution in [0.1, 0.15) is 34.1 Å². The number of aliphatic hydroxyl groups excluding tert-OH is 1. The minimum Gasteiger partial charge on any atom is -0.392 e. The average molecular weight is 168 g/mol. The first kappa shape index (κ1) is 9.79. The molecule has 0 bridgehead atoms. The molecule has 0 amide bonds. The Balaban J connectivity index is 2.80. The molecule has 12 heavy (non-hydrogen) atoms. The number of hydrogen-bond donors (Lipinski definition) is 1. The van der Waals surface area contributed by atoms with E-state index in [-0.39, 0.29) is 6.10 Å². The first-order valence-corrected chi connectivity index (χ1v) is 4.92. The molecule has 0 aromatic carbocycles. The highest BCUT2D eigenvalue weighted by Gasteiger charge is 2.32. The van der Waals surface area contributed by atoms with Crippen LogP contribution >= 0.6 is 0 Å². The van der Waals surface area contributed by atoms with Crippen molar-refractivity contribution in [2.75, 3.05) is 0 Å². The molecule has 0 aliphatic heterocycles. The lowest BCUT2D eigenvalue weighted by atomic mass is 9.71. The lowest BCUT2D eigenvalue weighted by Gasteiger charge is -2.37. The summed E-state index contributed by atoms with van der Waals surface area (Å²) in [4.78, 5) is 0. The summed E-state index contributed by atoms with van der Waals surface area (Å²) in [6.07, 6.45) is 3.17. The Morgan fingerprint density at radius 1 is 1.33 bits per heavy atom. The minimum atomic E-state index is -0.132. The smallest absolute Gasteiger partial charge is 0.0628 e. The van der Waals surface area contributed by atoms with Gasteiger partial charge in [0.05, 0.1) is 6.10 Å². The van der Waals surface area contributed by atoms with Crippen LogP contribution < -0.4 is 0 Å². The first-order valence-electron chi connectivity index (χ1n) is 4.92. The SMILES string of the molecule is C/C=C1/C(C)CC(C)C(O)C1C. The molecule has 1 aliphatic carbocycles. The molecular weight excluding hydrogens is 148 g/mol. The maximum absolute atomic E-state index is 9.82. The quantitative estimate of drug-likeness (QED) is 0.551. The molecule has 1 nitrogen and oxygen atoms in total. The summed E-state index contributed by atoms with van der Waals surface area (Å²) in [5.74, 6) is 1.47. The second-order valence-corrected chi connectivity index (χ2v) is 4.18. The molecule has 0 saturated heterocycles. The third-order valence-electron chi connectivity index (χ3n) is 3.25. The zero-order valence-corrected chi connectivity index (χ0v) is 8.54. The fourth-order valence-corrected chi connectivity index (χ4v) is 2.52. The molecule has 4 atom stereocenters. The zero-order valence-electron chi connectivity index (χ0n) is 8.54. The number of hydrogen-bond acceptors (Lipinski definition) is 1. The minimum absolute atomic E-state index is 0.132. The van der Waals surface area contributed by atoms with Crippen LogP contribution in [0.4, 0.5) is 0 Å². The van der Waals surface area contributed by atoms with E-state index in [1.807, 2.05) is 0 Å². The number of aliphatic hydroxyl groups is 1. The molecule has 0 aromatic heterocycles. The van der Waals surface area contributed by atoms with E-state index in [1.165, 1.54) is 5.57 Å². The molecule has 1 N–H and O–H groups in total. The number of allylic oxidation sites excluding steroid dienone is 1. The molecule has 1 aliphatic rings. The van der Waals surface area contributed by atoms with Crippen LogP contribution in [0.5, 0.6) is 0 Å². The predicted molar refractivity (Wildman–Crippen MR) is 51.9 cm³/mol. The van der Waals surface area contributed by atoms with Crippen LogP contribution in [0.15, 0.2) is 11.6 Å². The van der Waals surface area contributed by atoms with Gasteiger partial charge in [0.25, 0.3) is 0 Å². The maximum Gasteiger partial charge on any atom is 0.0628 e. The van der Waals surface area contributed by atoms with E-state index in [2.05, 4.69) is 33.8 Å². The van der Waals surface area contributed by atoms with E-state index in [9.17, 15) is 5.11 Å². The predicted octanol–water partition coefficient (Wildman–Crippen LogP) is 2.61. The van der Waals surface area contributed by atoms with Crippen molar-refractivity contribution >= 4 is 0 Å². The van der Waals surface area contributed by atoms with Crippen LogP contribution in [0.3, 0.4) is 0 Å². The third kappa shape index (κ3) is 1.56. The lowest BCUT2D eigenvalue weighted by molar-refractivity contribution is 0.0455. The van der Waals surface area contributed by atoms with Crippen LogP contribution in [0.25, 0.3) is 0 Å². The fourth-order valence-electron chi connectivity index (χ4n) is 2.52. The Bertz CT molecular complexity index is 183. The van der Waals surface area contributed by atoms with Crippen molar-refractivity contribution in [2.45, 2.75) is 40.2 Å². The molecule has 70 valence electrons. The summed E-state index contributed by atoms with van der Waals surface area (Å²) in [6, 6.07) is 0. The van der Waals surface area contributed by atoms with Gasteiger partial charge in [-0.15, -0.1) is 0 Å². The van der Waals surface area contributed by atoms with Gasteiger partial charge >= 0.3 is 0 Å². The molecule has 1 heteroatoms. The maximum atomic E-state index is 9.82. The van der Waals surface area contributed by atoms with Crippen LogP contribution in [0, 0.1) is 17.8 Å². The standard InChI is InChI=1S/C11H20O/c1-5-10-7(2)6-8(3)11(12)9(10)4/h5,7-9,11-12H,6H2,1-4H3/b10-5-. The Morgan fingerprint density at radius 2 is 1.92 bits per heavy atom. The molecule has 0 spiro atoms. The van der Waals surface area contributed by atoms with Crippen molar-refractivity contribution in [3.63, 3.8) is 0 Å². The molecule has 1 saturated carbocycles. The van der Waals surface area contributed by atoms with Gasteiger partial charge in [0.2, 0.25) is 0 Å². The van der Waals surface area contributed by atoms with E-state index in [0.29, 0.717) is 17.8 Å². The molecule has 0 heterocycles. The van der Waals surface area contributed by atoms with E-state index in [1.54, 1.807) is 0 Å². The molecular formula is C11H20O. The summed E-state index contributed by atoms with van der Waals surface area (Å²) < 4.78 is 0. The van der Waals surface area contributed by atoms with Gasteiger partial charge in [-0.05, 0) is 25.2 Å². The van der Waals surface area contributed by atoms with Gasteiger partial charge in [-0.25, -0.2) is 0 Å². The lowest BCUT2D eigenvalue weighted by Crippen LogP contribution is -2.35. The van der Waals surface area contributed by atoms with Gasteiger partial charge in [-0.3, -0.25) is 0 Å². The molecule has 4 unspecified atom stereocenters. The second kappa shape index (κ2) is 3.61. The van der Waals surface area contributed by atoms with E-state index >= 15 is 0 Å². The molecule has 0 radical (unpaired) electrons. The molecule has 0 aromatic rings. The monoisotopic (exact) mass is 168 g/mol. The van der Waals surface area contributed by atoms with E-state index in [4.69, 9.17) is 0 Å². The van der Waals surface area contributed by atoms with E-state index < -0.39 is 0 Å². The Kier molecular flexibility index (Phi) is 2.94.